The van der Waals surface area contributed by atoms with Crippen molar-refractivity contribution < 1.29 is 9.84 Å². The number of anilines is 1. The summed E-state index contributed by atoms with van der Waals surface area (Å²) >= 11 is 6.12. The maximum absolute atomic E-state index is 9.96. The van der Waals surface area contributed by atoms with Gasteiger partial charge in [-0.15, -0.1) is 0 Å². The molecule has 1 fully saturated rings. The van der Waals surface area contributed by atoms with E-state index in [4.69, 9.17) is 16.3 Å². The minimum Gasteiger partial charge on any atom is -0.495 e. The highest BCUT2D eigenvalue weighted by Crippen LogP contribution is 2.37. The fraction of sp³-hybridized carbons (Fsp3) is 0.538. The molecule has 0 bridgehead atoms. The van der Waals surface area contributed by atoms with Gasteiger partial charge in [0.2, 0.25) is 0 Å². The largest absolute Gasteiger partial charge is 0.495 e. The fourth-order valence-corrected chi connectivity index (χ4v) is 2.61. The van der Waals surface area contributed by atoms with E-state index in [0.29, 0.717) is 10.8 Å². The molecular formula is C13H18ClNO2. The van der Waals surface area contributed by atoms with Crippen LogP contribution in [-0.2, 0) is 0 Å². The Morgan fingerprint density at radius 3 is 2.65 bits per heavy atom. The van der Waals surface area contributed by atoms with Gasteiger partial charge >= 0.3 is 0 Å². The van der Waals surface area contributed by atoms with Gasteiger partial charge in [-0.25, -0.2) is 0 Å². The van der Waals surface area contributed by atoms with E-state index in [9.17, 15) is 5.11 Å². The Bertz CT molecular complexity index is 420. The van der Waals surface area contributed by atoms with Crippen LogP contribution in [0.25, 0.3) is 0 Å². The zero-order valence-electron chi connectivity index (χ0n) is 10.4. The predicted molar refractivity (Wildman–Crippen MR) is 70.1 cm³/mol. The Morgan fingerprint density at radius 1 is 1.47 bits per heavy atom. The second-order valence-corrected chi connectivity index (χ2v) is 5.34. The molecule has 3 nitrogen and oxygen atoms in total. The third-order valence-electron chi connectivity index (χ3n) is 3.58. The monoisotopic (exact) mass is 255 g/mol. The molecule has 0 spiro atoms. The normalized spacial score (nSPS) is 22.9. The van der Waals surface area contributed by atoms with Gasteiger partial charge in [-0.3, -0.25) is 0 Å². The Hall–Kier alpha value is -0.930. The van der Waals surface area contributed by atoms with Gasteiger partial charge in [-0.05, 0) is 38.5 Å². The zero-order chi connectivity index (χ0) is 12.6. The molecule has 1 aromatic carbocycles. The van der Waals surface area contributed by atoms with Crippen LogP contribution in [0.15, 0.2) is 18.2 Å². The summed E-state index contributed by atoms with van der Waals surface area (Å²) in [4.78, 5) is 2.18. The summed E-state index contributed by atoms with van der Waals surface area (Å²) < 4.78 is 5.14. The van der Waals surface area contributed by atoms with E-state index in [2.05, 4.69) is 4.90 Å². The quantitative estimate of drug-likeness (QED) is 0.882. The lowest BCUT2D eigenvalue weighted by Crippen LogP contribution is -2.45. The molecule has 0 aliphatic carbocycles. The van der Waals surface area contributed by atoms with Gasteiger partial charge in [0, 0.05) is 12.2 Å². The first-order valence-corrected chi connectivity index (χ1v) is 6.14. The van der Waals surface area contributed by atoms with Crippen molar-refractivity contribution in [3.63, 3.8) is 0 Å². The molecule has 94 valence electrons. The summed E-state index contributed by atoms with van der Waals surface area (Å²) in [6.07, 6.45) is 0.486. The van der Waals surface area contributed by atoms with E-state index >= 15 is 0 Å². The number of rotatable bonds is 2. The van der Waals surface area contributed by atoms with Crippen LogP contribution in [0.1, 0.15) is 20.3 Å². The van der Waals surface area contributed by atoms with Crippen molar-refractivity contribution >= 4 is 17.3 Å². The number of nitrogens with zero attached hydrogens (tertiary/aromatic N) is 1. The SMILES string of the molecule is COc1ccc(N2CCC(O)C2(C)C)cc1Cl. The van der Waals surface area contributed by atoms with Crippen LogP contribution in [0.3, 0.4) is 0 Å². The summed E-state index contributed by atoms with van der Waals surface area (Å²) in [5, 5.41) is 10.6. The van der Waals surface area contributed by atoms with Crippen LogP contribution < -0.4 is 9.64 Å². The standard InChI is InChI=1S/C13H18ClNO2/c1-13(2)12(16)6-7-15(13)9-4-5-11(17-3)10(14)8-9/h4-5,8,12,16H,6-7H2,1-3H3. The molecule has 2 rings (SSSR count). The molecule has 1 N–H and O–H groups in total. The Balaban J connectivity index is 2.32. The van der Waals surface area contributed by atoms with Crippen LogP contribution in [0, 0.1) is 0 Å². The van der Waals surface area contributed by atoms with Crippen LogP contribution in [0.4, 0.5) is 5.69 Å². The number of halogens is 1. The van der Waals surface area contributed by atoms with Crippen molar-refractivity contribution in [2.24, 2.45) is 0 Å². The van der Waals surface area contributed by atoms with Crippen molar-refractivity contribution in [3.05, 3.63) is 23.2 Å². The van der Waals surface area contributed by atoms with Crippen molar-refractivity contribution in [1.82, 2.24) is 0 Å². The van der Waals surface area contributed by atoms with E-state index in [1.54, 1.807) is 7.11 Å². The van der Waals surface area contributed by atoms with Crippen molar-refractivity contribution in [3.8, 4) is 5.75 Å². The minimum absolute atomic E-state index is 0.252. The highest BCUT2D eigenvalue weighted by atomic mass is 35.5. The van der Waals surface area contributed by atoms with Gasteiger partial charge in [0.1, 0.15) is 5.75 Å². The van der Waals surface area contributed by atoms with E-state index in [1.165, 1.54) is 0 Å². The molecule has 0 saturated carbocycles. The molecule has 1 saturated heterocycles. The minimum atomic E-state index is -0.302. The van der Waals surface area contributed by atoms with Crippen molar-refractivity contribution in [2.75, 3.05) is 18.6 Å². The Kier molecular flexibility index (Phi) is 3.23. The van der Waals surface area contributed by atoms with Crippen LogP contribution in [-0.4, -0.2) is 30.4 Å². The molecule has 0 radical (unpaired) electrons. The lowest BCUT2D eigenvalue weighted by Gasteiger charge is -2.35. The average molecular weight is 256 g/mol. The maximum Gasteiger partial charge on any atom is 0.137 e. The van der Waals surface area contributed by atoms with Gasteiger partial charge in [-0.1, -0.05) is 11.6 Å². The maximum atomic E-state index is 9.96. The molecule has 0 amide bonds. The van der Waals surface area contributed by atoms with E-state index in [1.807, 2.05) is 32.0 Å². The lowest BCUT2D eigenvalue weighted by atomic mass is 9.98. The van der Waals surface area contributed by atoms with E-state index in [0.717, 1.165) is 18.7 Å². The molecule has 1 aliphatic heterocycles. The Morgan fingerprint density at radius 2 is 2.18 bits per heavy atom. The lowest BCUT2D eigenvalue weighted by molar-refractivity contribution is 0.127. The number of aliphatic hydroxyl groups excluding tert-OH is 1. The molecule has 0 aromatic heterocycles. The predicted octanol–water partition coefficient (Wildman–Crippen LogP) is 2.70. The van der Waals surface area contributed by atoms with Crippen molar-refractivity contribution in [2.45, 2.75) is 31.9 Å². The summed E-state index contributed by atoms with van der Waals surface area (Å²) in [5.41, 5.74) is 0.773. The molecule has 4 heteroatoms. The van der Waals surface area contributed by atoms with Crippen molar-refractivity contribution in [1.29, 1.82) is 0 Å². The van der Waals surface area contributed by atoms with Crippen LogP contribution in [0.2, 0.25) is 5.02 Å². The third kappa shape index (κ3) is 2.09. The van der Waals surface area contributed by atoms with Gasteiger partial charge in [-0.2, -0.15) is 0 Å². The van der Waals surface area contributed by atoms with Gasteiger partial charge in [0.25, 0.3) is 0 Å². The molecule has 17 heavy (non-hydrogen) atoms. The molecule has 1 aliphatic rings. The van der Waals surface area contributed by atoms with Crippen LogP contribution in [0.5, 0.6) is 5.75 Å². The molecular weight excluding hydrogens is 238 g/mol. The molecule has 1 heterocycles. The highest BCUT2D eigenvalue weighted by Gasteiger charge is 2.40. The number of methoxy groups -OCH3 is 1. The highest BCUT2D eigenvalue weighted by molar-refractivity contribution is 6.32. The summed E-state index contributed by atoms with van der Waals surface area (Å²) in [7, 11) is 1.60. The Labute approximate surface area is 107 Å². The van der Waals surface area contributed by atoms with E-state index < -0.39 is 0 Å². The molecule has 1 aromatic rings. The fourth-order valence-electron chi connectivity index (χ4n) is 2.36. The van der Waals surface area contributed by atoms with Gasteiger partial charge < -0.3 is 14.7 Å². The number of hydrogen-bond donors (Lipinski definition) is 1. The van der Waals surface area contributed by atoms with Gasteiger partial charge in [0.05, 0.1) is 23.8 Å². The zero-order valence-corrected chi connectivity index (χ0v) is 11.2. The van der Waals surface area contributed by atoms with E-state index in [-0.39, 0.29) is 11.6 Å². The number of benzene rings is 1. The smallest absolute Gasteiger partial charge is 0.137 e. The molecule has 1 atom stereocenters. The van der Waals surface area contributed by atoms with Gasteiger partial charge in [0.15, 0.2) is 0 Å². The average Bonchev–Trinajstić information content (AvgIpc) is 2.54. The molecule has 1 unspecified atom stereocenters. The number of aliphatic hydroxyl groups is 1. The third-order valence-corrected chi connectivity index (χ3v) is 3.88. The first-order chi connectivity index (χ1) is 7.96. The second-order valence-electron chi connectivity index (χ2n) is 4.93. The van der Waals surface area contributed by atoms with Crippen LogP contribution >= 0.6 is 11.6 Å². The number of ether oxygens (including phenoxy) is 1. The summed E-state index contributed by atoms with van der Waals surface area (Å²) in [6, 6.07) is 5.73. The first-order valence-electron chi connectivity index (χ1n) is 5.76. The first kappa shape index (κ1) is 12.5. The summed E-state index contributed by atoms with van der Waals surface area (Å²) in [6.45, 7) is 4.93. The topological polar surface area (TPSA) is 32.7 Å². The second kappa shape index (κ2) is 4.39. The number of hydrogen-bond acceptors (Lipinski definition) is 3. The summed E-state index contributed by atoms with van der Waals surface area (Å²) in [5.74, 6) is 0.674.